The molecule has 0 spiro atoms. The molecule has 0 bridgehead atoms. The molecule has 0 aliphatic rings. The highest BCUT2D eigenvalue weighted by molar-refractivity contribution is 5.29. The Morgan fingerprint density at radius 1 is 1.26 bits per heavy atom. The number of nitrogens with two attached hydrogens (primary N) is 1. The summed E-state index contributed by atoms with van der Waals surface area (Å²) in [5.74, 6) is 0.806. The van der Waals surface area contributed by atoms with E-state index in [1.54, 1.807) is 13.3 Å². The second-order valence-electron chi connectivity index (χ2n) is 4.92. The van der Waals surface area contributed by atoms with E-state index in [4.69, 9.17) is 10.5 Å². The number of ether oxygens (including phenoxy) is 1. The number of aromatic nitrogens is 2. The minimum atomic E-state index is -0.0516. The van der Waals surface area contributed by atoms with E-state index < -0.39 is 0 Å². The van der Waals surface area contributed by atoms with Crippen LogP contribution in [0.15, 0.2) is 36.5 Å². The largest absolute Gasteiger partial charge is 0.493 e. The van der Waals surface area contributed by atoms with Crippen LogP contribution in [0.3, 0.4) is 0 Å². The normalized spacial score (nSPS) is 12.7. The zero-order chi connectivity index (χ0) is 13.8. The van der Waals surface area contributed by atoms with E-state index in [0.717, 1.165) is 17.0 Å². The Morgan fingerprint density at radius 3 is 2.53 bits per heavy atom. The van der Waals surface area contributed by atoms with Gasteiger partial charge in [0.1, 0.15) is 0 Å². The van der Waals surface area contributed by atoms with Crippen molar-refractivity contribution >= 4 is 0 Å². The molecule has 1 aromatic carbocycles. The maximum atomic E-state index is 6.28. The molecule has 2 aromatic rings. The molecule has 0 fully saturated rings. The lowest BCUT2D eigenvalue weighted by Crippen LogP contribution is -2.17. The van der Waals surface area contributed by atoms with Crippen molar-refractivity contribution in [2.45, 2.75) is 32.4 Å². The van der Waals surface area contributed by atoms with Crippen molar-refractivity contribution in [3.05, 3.63) is 47.8 Å². The lowest BCUT2D eigenvalue weighted by Gasteiger charge is -2.16. The van der Waals surface area contributed by atoms with Crippen LogP contribution in [-0.4, -0.2) is 16.9 Å². The van der Waals surface area contributed by atoms with Crippen molar-refractivity contribution in [2.75, 3.05) is 7.11 Å². The van der Waals surface area contributed by atoms with Crippen LogP contribution < -0.4 is 10.5 Å². The predicted octanol–water partition coefficient (Wildman–Crippen LogP) is 2.72. The molecule has 4 heteroatoms. The summed E-state index contributed by atoms with van der Waals surface area (Å²) in [5.41, 5.74) is 8.46. The molecule has 2 rings (SSSR count). The summed E-state index contributed by atoms with van der Waals surface area (Å²) in [4.78, 5) is 0. The molecule has 0 saturated carbocycles. The Kier molecular flexibility index (Phi) is 4.22. The van der Waals surface area contributed by atoms with Crippen molar-refractivity contribution in [1.29, 1.82) is 0 Å². The van der Waals surface area contributed by atoms with E-state index in [-0.39, 0.29) is 6.04 Å². The zero-order valence-electron chi connectivity index (χ0n) is 11.7. The van der Waals surface area contributed by atoms with Gasteiger partial charge in [-0.05, 0) is 19.4 Å². The maximum absolute atomic E-state index is 6.28. The zero-order valence-corrected chi connectivity index (χ0v) is 11.7. The number of methoxy groups -OCH3 is 1. The Labute approximate surface area is 114 Å². The summed E-state index contributed by atoms with van der Waals surface area (Å²) in [7, 11) is 1.67. The minimum absolute atomic E-state index is 0.0516. The van der Waals surface area contributed by atoms with Gasteiger partial charge < -0.3 is 10.5 Å². The fourth-order valence-corrected chi connectivity index (χ4v) is 2.21. The smallest absolute Gasteiger partial charge is 0.160 e. The number of benzene rings is 1. The molecule has 2 N–H and O–H groups in total. The maximum Gasteiger partial charge on any atom is 0.160 e. The molecular weight excluding hydrogens is 238 g/mol. The summed E-state index contributed by atoms with van der Waals surface area (Å²) in [6, 6.07) is 10.3. The van der Waals surface area contributed by atoms with Crippen LogP contribution >= 0.6 is 0 Å². The standard InChI is InChI=1S/C15H21N3O/c1-11(2)18-14(15(19-3)10-17-18)9-13(16)12-7-5-4-6-8-12/h4-8,10-11,13H,9,16H2,1-3H3. The van der Waals surface area contributed by atoms with Gasteiger partial charge in [0.15, 0.2) is 5.75 Å². The van der Waals surface area contributed by atoms with E-state index in [9.17, 15) is 0 Å². The number of hydrogen-bond acceptors (Lipinski definition) is 3. The minimum Gasteiger partial charge on any atom is -0.493 e. The van der Waals surface area contributed by atoms with Gasteiger partial charge in [-0.3, -0.25) is 4.68 Å². The van der Waals surface area contributed by atoms with Gasteiger partial charge >= 0.3 is 0 Å². The first-order valence-electron chi connectivity index (χ1n) is 6.54. The highest BCUT2D eigenvalue weighted by Gasteiger charge is 2.17. The van der Waals surface area contributed by atoms with Crippen LogP contribution in [0.4, 0.5) is 0 Å². The quantitative estimate of drug-likeness (QED) is 0.898. The van der Waals surface area contributed by atoms with E-state index in [0.29, 0.717) is 12.5 Å². The van der Waals surface area contributed by atoms with Crippen molar-refractivity contribution < 1.29 is 4.74 Å². The van der Waals surface area contributed by atoms with Crippen LogP contribution in [0, 0.1) is 0 Å². The van der Waals surface area contributed by atoms with Crippen LogP contribution in [0.2, 0.25) is 0 Å². The van der Waals surface area contributed by atoms with Gasteiger partial charge in [-0.1, -0.05) is 30.3 Å². The van der Waals surface area contributed by atoms with Crippen molar-refractivity contribution in [3.63, 3.8) is 0 Å². The molecule has 102 valence electrons. The molecule has 0 amide bonds. The molecule has 4 nitrogen and oxygen atoms in total. The lowest BCUT2D eigenvalue weighted by atomic mass is 10.0. The third-order valence-electron chi connectivity index (χ3n) is 3.21. The highest BCUT2D eigenvalue weighted by atomic mass is 16.5. The molecular formula is C15H21N3O. The molecule has 0 aliphatic heterocycles. The van der Waals surface area contributed by atoms with E-state index >= 15 is 0 Å². The Hall–Kier alpha value is -1.81. The van der Waals surface area contributed by atoms with Gasteiger partial charge in [-0.2, -0.15) is 5.10 Å². The van der Waals surface area contributed by atoms with Crippen molar-refractivity contribution in [2.24, 2.45) is 5.73 Å². The summed E-state index contributed by atoms with van der Waals surface area (Å²) < 4.78 is 7.35. The van der Waals surface area contributed by atoms with Crippen LogP contribution in [0.5, 0.6) is 5.75 Å². The van der Waals surface area contributed by atoms with E-state index in [1.807, 2.05) is 35.0 Å². The summed E-state index contributed by atoms with van der Waals surface area (Å²) in [6.45, 7) is 4.20. The van der Waals surface area contributed by atoms with Gasteiger partial charge in [0.2, 0.25) is 0 Å². The number of rotatable bonds is 5. The molecule has 1 heterocycles. The first-order valence-corrected chi connectivity index (χ1v) is 6.54. The molecule has 1 unspecified atom stereocenters. The molecule has 0 radical (unpaired) electrons. The molecule has 19 heavy (non-hydrogen) atoms. The topological polar surface area (TPSA) is 53.1 Å². The van der Waals surface area contributed by atoms with Crippen LogP contribution in [0.25, 0.3) is 0 Å². The first kappa shape index (κ1) is 13.6. The van der Waals surface area contributed by atoms with Gasteiger partial charge in [-0.25, -0.2) is 0 Å². The van der Waals surface area contributed by atoms with Gasteiger partial charge in [0, 0.05) is 18.5 Å². The molecule has 1 atom stereocenters. The molecule has 1 aromatic heterocycles. The third kappa shape index (κ3) is 2.96. The van der Waals surface area contributed by atoms with Gasteiger partial charge in [0.05, 0.1) is 19.0 Å². The highest BCUT2D eigenvalue weighted by Crippen LogP contribution is 2.25. The van der Waals surface area contributed by atoms with Gasteiger partial charge in [-0.15, -0.1) is 0 Å². The fraction of sp³-hybridized carbons (Fsp3) is 0.400. The summed E-state index contributed by atoms with van der Waals surface area (Å²) in [5, 5.41) is 4.37. The van der Waals surface area contributed by atoms with Crippen LogP contribution in [-0.2, 0) is 6.42 Å². The average molecular weight is 259 g/mol. The Balaban J connectivity index is 2.25. The molecule has 0 aliphatic carbocycles. The Morgan fingerprint density at radius 2 is 1.95 bits per heavy atom. The third-order valence-corrected chi connectivity index (χ3v) is 3.21. The number of nitrogens with zero attached hydrogens (tertiary/aromatic N) is 2. The predicted molar refractivity (Wildman–Crippen MR) is 76.2 cm³/mol. The summed E-state index contributed by atoms with van der Waals surface area (Å²) in [6.07, 6.45) is 2.47. The number of hydrogen-bond donors (Lipinski definition) is 1. The molecule has 0 saturated heterocycles. The average Bonchev–Trinajstić information content (AvgIpc) is 2.82. The second kappa shape index (κ2) is 5.89. The summed E-state index contributed by atoms with van der Waals surface area (Å²) >= 11 is 0. The van der Waals surface area contributed by atoms with Crippen molar-refractivity contribution in [3.8, 4) is 5.75 Å². The SMILES string of the molecule is COc1cnn(C(C)C)c1CC(N)c1ccccc1. The van der Waals surface area contributed by atoms with Crippen LogP contribution in [0.1, 0.15) is 37.2 Å². The fourth-order valence-electron chi connectivity index (χ4n) is 2.21. The van der Waals surface area contributed by atoms with E-state index in [1.165, 1.54) is 0 Å². The first-order chi connectivity index (χ1) is 9.13. The second-order valence-corrected chi connectivity index (χ2v) is 4.92. The lowest BCUT2D eigenvalue weighted by molar-refractivity contribution is 0.401. The monoisotopic (exact) mass is 259 g/mol. The van der Waals surface area contributed by atoms with Crippen molar-refractivity contribution in [1.82, 2.24) is 9.78 Å². The van der Waals surface area contributed by atoms with Gasteiger partial charge in [0.25, 0.3) is 0 Å². The van der Waals surface area contributed by atoms with E-state index in [2.05, 4.69) is 18.9 Å². The Bertz CT molecular complexity index is 519.